The van der Waals surface area contributed by atoms with Crippen LogP contribution in [0.1, 0.15) is 36.8 Å². The number of hydrogen-bond acceptors (Lipinski definition) is 4. The summed E-state index contributed by atoms with van der Waals surface area (Å²) in [6.45, 7) is 4.04. The van der Waals surface area contributed by atoms with E-state index in [4.69, 9.17) is 0 Å². The van der Waals surface area contributed by atoms with Crippen molar-refractivity contribution in [2.24, 2.45) is 5.92 Å². The number of urea groups is 1. The number of hydrogen-bond donors (Lipinski definition) is 1. The smallest absolute Gasteiger partial charge is 0.320 e. The Bertz CT molecular complexity index is 831. The first-order chi connectivity index (χ1) is 14.2. The lowest BCUT2D eigenvalue weighted by Gasteiger charge is -2.34. The molecule has 29 heavy (non-hydrogen) atoms. The molecule has 8 heteroatoms. The number of likely N-dealkylation sites (tertiary alicyclic amines) is 2. The van der Waals surface area contributed by atoms with E-state index < -0.39 is 0 Å². The van der Waals surface area contributed by atoms with Crippen molar-refractivity contribution < 1.29 is 9.59 Å². The number of rotatable bonds is 5. The van der Waals surface area contributed by atoms with Gasteiger partial charge in [-0.2, -0.15) is 5.10 Å². The zero-order valence-electron chi connectivity index (χ0n) is 16.7. The molecule has 4 rings (SSSR count). The van der Waals surface area contributed by atoms with E-state index in [1.165, 1.54) is 6.33 Å². The fourth-order valence-corrected chi connectivity index (χ4v) is 4.17. The number of amides is 3. The van der Waals surface area contributed by atoms with Crippen molar-refractivity contribution in [2.45, 2.75) is 38.8 Å². The van der Waals surface area contributed by atoms with Crippen LogP contribution in [-0.2, 0) is 17.9 Å². The second-order valence-electron chi connectivity index (χ2n) is 7.84. The van der Waals surface area contributed by atoms with Crippen molar-refractivity contribution in [1.29, 1.82) is 0 Å². The summed E-state index contributed by atoms with van der Waals surface area (Å²) < 4.78 is 1.77. The minimum Gasteiger partial charge on any atom is -0.352 e. The number of aromatic nitrogens is 3. The van der Waals surface area contributed by atoms with Crippen LogP contribution in [0.4, 0.5) is 4.79 Å². The third-order valence-electron chi connectivity index (χ3n) is 5.81. The van der Waals surface area contributed by atoms with E-state index in [-0.39, 0.29) is 17.9 Å². The fourth-order valence-electron chi connectivity index (χ4n) is 4.17. The predicted molar refractivity (Wildman–Crippen MR) is 108 cm³/mol. The van der Waals surface area contributed by atoms with Gasteiger partial charge in [0, 0.05) is 32.7 Å². The fraction of sp³-hybridized carbons (Fsp3) is 0.524. The van der Waals surface area contributed by atoms with Gasteiger partial charge in [0.1, 0.15) is 12.7 Å². The minimum absolute atomic E-state index is 0.0273. The Kier molecular flexibility index (Phi) is 6.07. The van der Waals surface area contributed by atoms with E-state index in [1.54, 1.807) is 11.0 Å². The molecule has 8 nitrogen and oxygen atoms in total. The first kappa shape index (κ1) is 19.4. The maximum Gasteiger partial charge on any atom is 0.320 e. The molecule has 3 heterocycles. The van der Waals surface area contributed by atoms with Crippen molar-refractivity contribution in [3.8, 4) is 0 Å². The van der Waals surface area contributed by atoms with Gasteiger partial charge in [0.05, 0.1) is 12.5 Å². The van der Waals surface area contributed by atoms with Crippen LogP contribution >= 0.6 is 0 Å². The highest BCUT2D eigenvalue weighted by Crippen LogP contribution is 2.20. The summed E-state index contributed by atoms with van der Waals surface area (Å²) in [7, 11) is 0. The molecule has 0 spiro atoms. The van der Waals surface area contributed by atoms with E-state index in [1.807, 2.05) is 34.1 Å². The lowest BCUT2D eigenvalue weighted by Crippen LogP contribution is -2.49. The van der Waals surface area contributed by atoms with Crippen molar-refractivity contribution in [1.82, 2.24) is 29.9 Å². The van der Waals surface area contributed by atoms with Gasteiger partial charge in [-0.1, -0.05) is 24.3 Å². The van der Waals surface area contributed by atoms with Crippen LogP contribution in [0, 0.1) is 5.92 Å². The molecule has 1 atom stereocenters. The number of nitrogens with one attached hydrogen (secondary N) is 1. The monoisotopic (exact) mass is 396 g/mol. The highest BCUT2D eigenvalue weighted by atomic mass is 16.2. The van der Waals surface area contributed by atoms with E-state index in [0.717, 1.165) is 56.4 Å². The average molecular weight is 396 g/mol. The maximum atomic E-state index is 12.8. The molecule has 2 aliphatic heterocycles. The molecule has 2 fully saturated rings. The van der Waals surface area contributed by atoms with Crippen LogP contribution < -0.4 is 5.32 Å². The van der Waals surface area contributed by atoms with Crippen LogP contribution in [0.15, 0.2) is 36.9 Å². The molecule has 2 aliphatic rings. The lowest BCUT2D eigenvalue weighted by atomic mass is 9.97. The molecule has 1 aromatic carbocycles. The molecule has 2 aromatic rings. The quantitative estimate of drug-likeness (QED) is 0.836. The predicted octanol–water partition coefficient (Wildman–Crippen LogP) is 1.87. The molecular weight excluding hydrogens is 368 g/mol. The molecule has 154 valence electrons. The zero-order valence-corrected chi connectivity index (χ0v) is 16.7. The van der Waals surface area contributed by atoms with Crippen molar-refractivity contribution in [3.05, 3.63) is 48.0 Å². The Morgan fingerprint density at radius 1 is 1.03 bits per heavy atom. The van der Waals surface area contributed by atoms with Crippen molar-refractivity contribution in [3.63, 3.8) is 0 Å². The number of carbonyl (C=O) groups is 2. The van der Waals surface area contributed by atoms with Gasteiger partial charge in [-0.25, -0.2) is 14.5 Å². The summed E-state index contributed by atoms with van der Waals surface area (Å²) >= 11 is 0. The number of benzene rings is 1. The molecule has 2 saturated heterocycles. The van der Waals surface area contributed by atoms with Gasteiger partial charge in [0.2, 0.25) is 5.91 Å². The number of carbonyl (C=O) groups excluding carboxylic acids is 2. The van der Waals surface area contributed by atoms with Gasteiger partial charge >= 0.3 is 6.03 Å². The van der Waals surface area contributed by atoms with E-state index >= 15 is 0 Å². The highest BCUT2D eigenvalue weighted by Gasteiger charge is 2.31. The molecule has 0 radical (unpaired) electrons. The standard InChI is InChI=1S/C21H28N6O2/c28-20(19-8-5-11-26(13-19)21(29)25-9-3-4-10-25)23-12-17-6-1-2-7-18(17)14-27-16-22-15-24-27/h1-2,6-7,15-16,19H,3-5,8-14H2,(H,23,28)/t19-/m1/s1. The second kappa shape index (κ2) is 9.07. The molecule has 0 bridgehead atoms. The Hall–Kier alpha value is -2.90. The van der Waals surface area contributed by atoms with Crippen LogP contribution in [-0.4, -0.2) is 62.7 Å². The van der Waals surface area contributed by atoms with Gasteiger partial charge in [-0.15, -0.1) is 0 Å². The van der Waals surface area contributed by atoms with E-state index in [2.05, 4.69) is 15.4 Å². The average Bonchev–Trinajstić information content (AvgIpc) is 3.47. The van der Waals surface area contributed by atoms with Gasteiger partial charge in [0.15, 0.2) is 0 Å². The molecule has 0 aliphatic carbocycles. The largest absolute Gasteiger partial charge is 0.352 e. The molecule has 1 N–H and O–H groups in total. The van der Waals surface area contributed by atoms with Gasteiger partial charge in [0.25, 0.3) is 0 Å². The summed E-state index contributed by atoms with van der Waals surface area (Å²) in [5.74, 6) is -0.114. The third kappa shape index (κ3) is 4.75. The molecular formula is C21H28N6O2. The van der Waals surface area contributed by atoms with Crippen LogP contribution in [0.25, 0.3) is 0 Å². The van der Waals surface area contributed by atoms with E-state index in [9.17, 15) is 9.59 Å². The Balaban J connectivity index is 1.33. The molecule has 0 saturated carbocycles. The van der Waals surface area contributed by atoms with Crippen LogP contribution in [0.3, 0.4) is 0 Å². The first-order valence-electron chi connectivity index (χ1n) is 10.4. The number of nitrogens with zero attached hydrogens (tertiary/aromatic N) is 5. The topological polar surface area (TPSA) is 83.4 Å². The third-order valence-corrected chi connectivity index (χ3v) is 5.81. The maximum absolute atomic E-state index is 12.8. The Morgan fingerprint density at radius 2 is 1.79 bits per heavy atom. The van der Waals surface area contributed by atoms with Crippen LogP contribution in [0.5, 0.6) is 0 Å². The van der Waals surface area contributed by atoms with E-state index in [0.29, 0.717) is 19.6 Å². The van der Waals surface area contributed by atoms with Gasteiger partial charge in [-0.05, 0) is 36.8 Å². The Morgan fingerprint density at radius 3 is 2.55 bits per heavy atom. The van der Waals surface area contributed by atoms with Crippen LogP contribution in [0.2, 0.25) is 0 Å². The number of piperidine rings is 1. The lowest BCUT2D eigenvalue weighted by molar-refractivity contribution is -0.126. The minimum atomic E-state index is -0.141. The molecule has 1 aromatic heterocycles. The van der Waals surface area contributed by atoms with Gasteiger partial charge in [-0.3, -0.25) is 4.79 Å². The summed E-state index contributed by atoms with van der Waals surface area (Å²) in [5, 5.41) is 7.24. The zero-order chi connectivity index (χ0) is 20.1. The molecule has 3 amide bonds. The summed E-state index contributed by atoms with van der Waals surface area (Å²) in [5.41, 5.74) is 2.17. The first-order valence-corrected chi connectivity index (χ1v) is 10.4. The van der Waals surface area contributed by atoms with Crippen molar-refractivity contribution in [2.75, 3.05) is 26.2 Å². The summed E-state index contributed by atoms with van der Waals surface area (Å²) in [6, 6.07) is 8.12. The summed E-state index contributed by atoms with van der Waals surface area (Å²) in [4.78, 5) is 33.2. The normalized spacial score (nSPS) is 19.4. The van der Waals surface area contributed by atoms with Crippen molar-refractivity contribution >= 4 is 11.9 Å². The SMILES string of the molecule is O=C(NCc1ccccc1Cn1cncn1)[C@@H]1CCCN(C(=O)N2CCCC2)C1. The Labute approximate surface area is 170 Å². The molecule has 0 unspecified atom stereocenters. The summed E-state index contributed by atoms with van der Waals surface area (Å²) in [6.07, 6.45) is 7.07. The second-order valence-corrected chi connectivity index (χ2v) is 7.84. The highest BCUT2D eigenvalue weighted by molar-refractivity contribution is 5.81. The van der Waals surface area contributed by atoms with Gasteiger partial charge < -0.3 is 15.1 Å².